The van der Waals surface area contributed by atoms with E-state index in [0.717, 1.165) is 11.1 Å². The van der Waals surface area contributed by atoms with Crippen LogP contribution in [0.1, 0.15) is 11.1 Å². The first-order valence-corrected chi connectivity index (χ1v) is 5.48. The van der Waals surface area contributed by atoms with E-state index in [2.05, 4.69) is 5.32 Å². The molecule has 0 spiro atoms. The van der Waals surface area contributed by atoms with Crippen LogP contribution in [-0.4, -0.2) is 5.11 Å². The van der Waals surface area contributed by atoms with Crippen molar-refractivity contribution in [3.05, 3.63) is 65.5 Å². The maximum atomic E-state index is 12.9. The summed E-state index contributed by atoms with van der Waals surface area (Å²) in [6.45, 7) is 1.13. The standard InChI is InChI=1S/C14H14FNO/c15-13-6-3-4-11(8-13)9-16-10-12-5-1-2-7-14(12)17/h1-8,16-17H,9-10H2. The third-order valence-corrected chi connectivity index (χ3v) is 2.53. The van der Waals surface area contributed by atoms with E-state index in [9.17, 15) is 9.50 Å². The Bertz CT molecular complexity index is 499. The van der Waals surface area contributed by atoms with E-state index < -0.39 is 0 Å². The molecule has 0 radical (unpaired) electrons. The van der Waals surface area contributed by atoms with Crippen molar-refractivity contribution >= 4 is 0 Å². The highest BCUT2D eigenvalue weighted by atomic mass is 19.1. The van der Waals surface area contributed by atoms with Crippen LogP contribution >= 0.6 is 0 Å². The summed E-state index contributed by atoms with van der Waals surface area (Å²) in [7, 11) is 0. The molecule has 0 unspecified atom stereocenters. The van der Waals surface area contributed by atoms with E-state index in [1.165, 1.54) is 12.1 Å². The van der Waals surface area contributed by atoms with Crippen LogP contribution in [0.2, 0.25) is 0 Å². The Morgan fingerprint density at radius 2 is 1.82 bits per heavy atom. The van der Waals surface area contributed by atoms with Gasteiger partial charge in [0.2, 0.25) is 0 Å². The molecule has 0 aromatic heterocycles. The fraction of sp³-hybridized carbons (Fsp3) is 0.143. The molecule has 2 aromatic rings. The highest BCUT2D eigenvalue weighted by Gasteiger charge is 1.99. The van der Waals surface area contributed by atoms with Crippen molar-refractivity contribution in [3.8, 4) is 5.75 Å². The molecule has 2 nitrogen and oxygen atoms in total. The van der Waals surface area contributed by atoms with E-state index in [1.807, 2.05) is 18.2 Å². The topological polar surface area (TPSA) is 32.3 Å². The zero-order chi connectivity index (χ0) is 12.1. The zero-order valence-electron chi connectivity index (χ0n) is 9.36. The van der Waals surface area contributed by atoms with E-state index in [1.54, 1.807) is 18.2 Å². The normalized spacial score (nSPS) is 10.4. The number of hydrogen-bond donors (Lipinski definition) is 2. The van der Waals surface area contributed by atoms with E-state index in [4.69, 9.17) is 0 Å². The number of hydrogen-bond acceptors (Lipinski definition) is 2. The molecule has 17 heavy (non-hydrogen) atoms. The summed E-state index contributed by atoms with van der Waals surface area (Å²) in [6, 6.07) is 13.6. The summed E-state index contributed by atoms with van der Waals surface area (Å²) in [5.74, 6) is 0.0473. The highest BCUT2D eigenvalue weighted by molar-refractivity contribution is 5.31. The van der Waals surface area contributed by atoms with Crippen LogP contribution in [0.4, 0.5) is 4.39 Å². The molecule has 0 fully saturated rings. The fourth-order valence-corrected chi connectivity index (χ4v) is 1.65. The maximum Gasteiger partial charge on any atom is 0.123 e. The number of phenolic OH excluding ortho intramolecular Hbond substituents is 1. The molecular weight excluding hydrogens is 217 g/mol. The van der Waals surface area contributed by atoms with Crippen molar-refractivity contribution in [2.45, 2.75) is 13.1 Å². The summed E-state index contributed by atoms with van der Waals surface area (Å²) in [5, 5.41) is 12.7. The lowest BCUT2D eigenvalue weighted by Gasteiger charge is -2.06. The molecule has 0 amide bonds. The zero-order valence-corrected chi connectivity index (χ0v) is 9.36. The number of rotatable bonds is 4. The summed E-state index contributed by atoms with van der Waals surface area (Å²) in [4.78, 5) is 0. The fourth-order valence-electron chi connectivity index (χ4n) is 1.65. The van der Waals surface area contributed by atoms with Gasteiger partial charge in [0.25, 0.3) is 0 Å². The van der Waals surface area contributed by atoms with Crippen LogP contribution < -0.4 is 5.32 Å². The number of halogens is 1. The molecule has 0 saturated carbocycles. The Hall–Kier alpha value is -1.87. The number of aromatic hydroxyl groups is 1. The van der Waals surface area contributed by atoms with Crippen molar-refractivity contribution in [1.82, 2.24) is 5.32 Å². The minimum atomic E-state index is -0.230. The van der Waals surface area contributed by atoms with Crippen molar-refractivity contribution in [1.29, 1.82) is 0 Å². The average molecular weight is 231 g/mol. The molecule has 0 bridgehead atoms. The lowest BCUT2D eigenvalue weighted by atomic mass is 10.2. The lowest BCUT2D eigenvalue weighted by Crippen LogP contribution is -2.12. The summed E-state index contributed by atoms with van der Waals surface area (Å²) in [6.07, 6.45) is 0. The van der Waals surface area contributed by atoms with Gasteiger partial charge in [-0.1, -0.05) is 30.3 Å². The van der Waals surface area contributed by atoms with Crippen molar-refractivity contribution < 1.29 is 9.50 Å². The SMILES string of the molecule is Oc1ccccc1CNCc1cccc(F)c1. The summed E-state index contributed by atoms with van der Waals surface area (Å²) >= 11 is 0. The van der Waals surface area contributed by atoms with Gasteiger partial charge >= 0.3 is 0 Å². The molecule has 2 N–H and O–H groups in total. The largest absolute Gasteiger partial charge is 0.508 e. The summed E-state index contributed by atoms with van der Waals surface area (Å²) in [5.41, 5.74) is 1.73. The van der Waals surface area contributed by atoms with E-state index in [-0.39, 0.29) is 11.6 Å². The third kappa shape index (κ3) is 3.29. The van der Waals surface area contributed by atoms with Crippen molar-refractivity contribution in [2.24, 2.45) is 0 Å². The minimum Gasteiger partial charge on any atom is -0.508 e. The van der Waals surface area contributed by atoms with Crippen LogP contribution in [0.5, 0.6) is 5.75 Å². The van der Waals surface area contributed by atoms with Gasteiger partial charge < -0.3 is 10.4 Å². The van der Waals surface area contributed by atoms with Gasteiger partial charge in [0.15, 0.2) is 0 Å². The van der Waals surface area contributed by atoms with Crippen LogP contribution in [0, 0.1) is 5.82 Å². The van der Waals surface area contributed by atoms with Gasteiger partial charge in [-0.15, -0.1) is 0 Å². The van der Waals surface area contributed by atoms with E-state index >= 15 is 0 Å². The molecule has 0 aliphatic heterocycles. The van der Waals surface area contributed by atoms with Crippen LogP contribution in [0.25, 0.3) is 0 Å². The Labute approximate surface area is 99.7 Å². The molecule has 0 atom stereocenters. The second-order valence-electron chi connectivity index (χ2n) is 3.86. The first-order chi connectivity index (χ1) is 8.25. The third-order valence-electron chi connectivity index (χ3n) is 2.53. The first kappa shape index (κ1) is 11.6. The molecule has 2 rings (SSSR count). The number of para-hydroxylation sites is 1. The van der Waals surface area contributed by atoms with Crippen molar-refractivity contribution in [3.63, 3.8) is 0 Å². The Morgan fingerprint density at radius 1 is 1.00 bits per heavy atom. The maximum absolute atomic E-state index is 12.9. The quantitative estimate of drug-likeness (QED) is 0.848. The minimum absolute atomic E-state index is 0.230. The molecule has 0 aliphatic carbocycles. The van der Waals surface area contributed by atoms with Gasteiger partial charge in [-0.2, -0.15) is 0 Å². The van der Waals surface area contributed by atoms with Gasteiger partial charge in [0.1, 0.15) is 11.6 Å². The highest BCUT2D eigenvalue weighted by Crippen LogP contribution is 2.15. The second-order valence-corrected chi connectivity index (χ2v) is 3.86. The van der Waals surface area contributed by atoms with Gasteiger partial charge in [0.05, 0.1) is 0 Å². The Kier molecular flexibility index (Phi) is 3.73. The molecular formula is C14H14FNO. The molecule has 0 aliphatic rings. The van der Waals surface area contributed by atoms with Crippen LogP contribution in [0.15, 0.2) is 48.5 Å². The van der Waals surface area contributed by atoms with Gasteiger partial charge in [-0.25, -0.2) is 4.39 Å². The van der Waals surface area contributed by atoms with Gasteiger partial charge in [-0.05, 0) is 23.8 Å². The Balaban J connectivity index is 1.90. The number of benzene rings is 2. The smallest absolute Gasteiger partial charge is 0.123 e. The predicted octanol–water partition coefficient (Wildman–Crippen LogP) is 2.82. The monoisotopic (exact) mass is 231 g/mol. The molecule has 0 heterocycles. The molecule has 0 saturated heterocycles. The van der Waals surface area contributed by atoms with Crippen LogP contribution in [-0.2, 0) is 13.1 Å². The number of nitrogens with one attached hydrogen (secondary N) is 1. The first-order valence-electron chi connectivity index (χ1n) is 5.48. The van der Waals surface area contributed by atoms with E-state index in [0.29, 0.717) is 13.1 Å². The number of phenols is 1. The average Bonchev–Trinajstić information content (AvgIpc) is 2.32. The molecule has 2 aromatic carbocycles. The van der Waals surface area contributed by atoms with Crippen molar-refractivity contribution in [2.75, 3.05) is 0 Å². The molecule has 3 heteroatoms. The van der Waals surface area contributed by atoms with Crippen LogP contribution in [0.3, 0.4) is 0 Å². The van der Waals surface area contributed by atoms with Gasteiger partial charge in [0, 0.05) is 18.7 Å². The summed E-state index contributed by atoms with van der Waals surface area (Å²) < 4.78 is 12.9. The van der Waals surface area contributed by atoms with Gasteiger partial charge in [-0.3, -0.25) is 0 Å². The predicted molar refractivity (Wildman–Crippen MR) is 65.1 cm³/mol. The second kappa shape index (κ2) is 5.46. The molecule has 88 valence electrons. The lowest BCUT2D eigenvalue weighted by molar-refractivity contribution is 0.464. The Morgan fingerprint density at radius 3 is 2.59 bits per heavy atom.